The minimum atomic E-state index is -1.16. The van der Waals surface area contributed by atoms with E-state index in [0.29, 0.717) is 17.2 Å². The van der Waals surface area contributed by atoms with Gasteiger partial charge in [-0.2, -0.15) is 0 Å². The molecule has 2 nitrogen and oxygen atoms in total. The zero-order chi connectivity index (χ0) is 13.8. The predicted molar refractivity (Wildman–Crippen MR) is 75.6 cm³/mol. The summed E-state index contributed by atoms with van der Waals surface area (Å²) >= 11 is 0. The zero-order valence-corrected chi connectivity index (χ0v) is 11.5. The molecule has 19 heavy (non-hydrogen) atoms. The number of nitrogens with two attached hydrogens (primary N) is 1. The first-order chi connectivity index (χ1) is 9.10. The molecule has 0 bridgehead atoms. The average molecular weight is 277 g/mol. The zero-order valence-electron chi connectivity index (χ0n) is 10.7. The first-order valence-electron chi connectivity index (χ1n) is 6.02. The Morgan fingerprint density at radius 2 is 1.84 bits per heavy atom. The SMILES string of the molecule is Cc1cc(CN)ccc1CS(=O)c1ccc(F)cc1. The molecule has 2 aromatic carbocycles. The summed E-state index contributed by atoms with van der Waals surface area (Å²) in [6, 6.07) is 11.7. The lowest BCUT2D eigenvalue weighted by atomic mass is 10.1. The van der Waals surface area contributed by atoms with Gasteiger partial charge in [-0.05, 0) is 47.9 Å². The first kappa shape index (κ1) is 13.9. The molecule has 0 saturated carbocycles. The van der Waals surface area contributed by atoms with Gasteiger partial charge in [0.15, 0.2) is 0 Å². The Bertz CT molecular complexity index is 596. The second-order valence-corrected chi connectivity index (χ2v) is 5.86. The van der Waals surface area contributed by atoms with Crippen LogP contribution in [0.25, 0.3) is 0 Å². The summed E-state index contributed by atoms with van der Waals surface area (Å²) in [6.45, 7) is 2.48. The van der Waals surface area contributed by atoms with Crippen molar-refractivity contribution in [3.8, 4) is 0 Å². The molecule has 1 unspecified atom stereocenters. The van der Waals surface area contributed by atoms with Crippen LogP contribution in [0.3, 0.4) is 0 Å². The van der Waals surface area contributed by atoms with Gasteiger partial charge in [-0.1, -0.05) is 18.2 Å². The summed E-state index contributed by atoms with van der Waals surface area (Å²) in [4.78, 5) is 0.642. The lowest BCUT2D eigenvalue weighted by Gasteiger charge is -2.08. The molecule has 0 aliphatic rings. The third-order valence-corrected chi connectivity index (χ3v) is 4.38. The second kappa shape index (κ2) is 6.08. The summed E-state index contributed by atoms with van der Waals surface area (Å²) in [5, 5.41) is 0. The molecule has 0 fully saturated rings. The van der Waals surface area contributed by atoms with Crippen LogP contribution in [0.2, 0.25) is 0 Å². The first-order valence-corrected chi connectivity index (χ1v) is 7.34. The van der Waals surface area contributed by atoms with Crippen molar-refractivity contribution in [1.29, 1.82) is 0 Å². The van der Waals surface area contributed by atoms with Crippen molar-refractivity contribution in [3.63, 3.8) is 0 Å². The minimum absolute atomic E-state index is 0.316. The van der Waals surface area contributed by atoms with Crippen LogP contribution in [-0.2, 0) is 23.1 Å². The van der Waals surface area contributed by atoms with E-state index < -0.39 is 10.8 Å². The van der Waals surface area contributed by atoms with Gasteiger partial charge >= 0.3 is 0 Å². The summed E-state index contributed by atoms with van der Waals surface area (Å²) in [7, 11) is -1.16. The van der Waals surface area contributed by atoms with Gasteiger partial charge in [0.2, 0.25) is 0 Å². The van der Waals surface area contributed by atoms with Crippen molar-refractivity contribution in [2.75, 3.05) is 0 Å². The van der Waals surface area contributed by atoms with Gasteiger partial charge in [0.25, 0.3) is 0 Å². The Hall–Kier alpha value is -1.52. The third-order valence-electron chi connectivity index (χ3n) is 3.01. The maximum Gasteiger partial charge on any atom is 0.123 e. The van der Waals surface area contributed by atoms with Gasteiger partial charge in [0, 0.05) is 11.4 Å². The summed E-state index contributed by atoms with van der Waals surface area (Å²) in [6.07, 6.45) is 0. The van der Waals surface area contributed by atoms with Gasteiger partial charge in [0.1, 0.15) is 5.82 Å². The van der Waals surface area contributed by atoms with Crippen LogP contribution in [0.15, 0.2) is 47.4 Å². The Kier molecular flexibility index (Phi) is 4.45. The Labute approximate surface area is 114 Å². The number of benzene rings is 2. The standard InChI is InChI=1S/C15H16FNOS/c1-11-8-12(9-17)2-3-13(11)10-19(18)15-6-4-14(16)5-7-15/h2-8H,9-10,17H2,1H3. The van der Waals surface area contributed by atoms with Crippen molar-refractivity contribution in [2.24, 2.45) is 5.73 Å². The van der Waals surface area contributed by atoms with Crippen molar-refractivity contribution >= 4 is 10.8 Å². The van der Waals surface area contributed by atoms with Crippen LogP contribution in [-0.4, -0.2) is 4.21 Å². The van der Waals surface area contributed by atoms with Crippen molar-refractivity contribution in [1.82, 2.24) is 0 Å². The molecule has 2 aromatic rings. The maximum absolute atomic E-state index is 12.8. The average Bonchev–Trinajstić information content (AvgIpc) is 2.41. The molecule has 0 aliphatic heterocycles. The number of halogens is 1. The Balaban J connectivity index is 2.17. The van der Waals surface area contributed by atoms with Crippen molar-refractivity contribution in [2.45, 2.75) is 24.1 Å². The smallest absolute Gasteiger partial charge is 0.123 e. The molecule has 0 radical (unpaired) electrons. The fourth-order valence-electron chi connectivity index (χ4n) is 1.86. The predicted octanol–water partition coefficient (Wildman–Crippen LogP) is 2.90. The number of hydrogen-bond donors (Lipinski definition) is 1. The largest absolute Gasteiger partial charge is 0.326 e. The number of rotatable bonds is 4. The number of aryl methyl sites for hydroxylation is 1. The Morgan fingerprint density at radius 3 is 2.42 bits per heavy atom. The van der Waals surface area contributed by atoms with E-state index in [2.05, 4.69) is 0 Å². The van der Waals surface area contributed by atoms with Gasteiger partial charge in [-0.3, -0.25) is 4.21 Å². The lowest BCUT2D eigenvalue weighted by molar-refractivity contribution is 0.626. The molecule has 2 N–H and O–H groups in total. The van der Waals surface area contributed by atoms with Crippen LogP contribution in [0.5, 0.6) is 0 Å². The van der Waals surface area contributed by atoms with E-state index in [9.17, 15) is 8.60 Å². The topological polar surface area (TPSA) is 43.1 Å². The van der Waals surface area contributed by atoms with Crippen LogP contribution < -0.4 is 5.73 Å². The van der Waals surface area contributed by atoms with Gasteiger partial charge in [-0.15, -0.1) is 0 Å². The van der Waals surface area contributed by atoms with Gasteiger partial charge in [-0.25, -0.2) is 4.39 Å². The van der Waals surface area contributed by atoms with Crippen LogP contribution in [0.4, 0.5) is 4.39 Å². The van der Waals surface area contributed by atoms with E-state index in [0.717, 1.165) is 16.7 Å². The molecule has 0 amide bonds. The van der Waals surface area contributed by atoms with E-state index in [4.69, 9.17) is 5.73 Å². The van der Waals surface area contributed by atoms with Crippen LogP contribution in [0.1, 0.15) is 16.7 Å². The summed E-state index contributed by atoms with van der Waals surface area (Å²) in [5.74, 6) is 0.117. The molecule has 1 atom stereocenters. The van der Waals surface area contributed by atoms with E-state index in [1.807, 2.05) is 25.1 Å². The summed E-state index contributed by atoms with van der Waals surface area (Å²) < 4.78 is 25.0. The molecule has 0 aliphatic carbocycles. The molecule has 0 heterocycles. The summed E-state index contributed by atoms with van der Waals surface area (Å²) in [5.41, 5.74) is 8.75. The van der Waals surface area contributed by atoms with E-state index in [1.165, 1.54) is 12.1 Å². The highest BCUT2D eigenvalue weighted by atomic mass is 32.2. The monoisotopic (exact) mass is 277 g/mol. The quantitative estimate of drug-likeness (QED) is 0.933. The van der Waals surface area contributed by atoms with Crippen LogP contribution in [0, 0.1) is 12.7 Å². The Morgan fingerprint density at radius 1 is 1.16 bits per heavy atom. The molecule has 0 saturated heterocycles. The minimum Gasteiger partial charge on any atom is -0.326 e. The lowest BCUT2D eigenvalue weighted by Crippen LogP contribution is -2.01. The van der Waals surface area contributed by atoms with Crippen molar-refractivity contribution in [3.05, 3.63) is 65.0 Å². The van der Waals surface area contributed by atoms with Gasteiger partial charge in [0.05, 0.1) is 16.6 Å². The maximum atomic E-state index is 12.8. The normalized spacial score (nSPS) is 12.4. The van der Waals surface area contributed by atoms with Gasteiger partial charge < -0.3 is 5.73 Å². The fraction of sp³-hybridized carbons (Fsp3) is 0.200. The molecule has 100 valence electrons. The third kappa shape index (κ3) is 3.49. The van der Waals surface area contributed by atoms with Crippen LogP contribution >= 0.6 is 0 Å². The number of hydrogen-bond acceptors (Lipinski definition) is 2. The molecule has 2 rings (SSSR count). The molecular formula is C15H16FNOS. The highest BCUT2D eigenvalue weighted by molar-refractivity contribution is 7.84. The molecule has 0 spiro atoms. The second-order valence-electron chi connectivity index (χ2n) is 4.41. The highest BCUT2D eigenvalue weighted by Crippen LogP contribution is 2.17. The molecule has 0 aromatic heterocycles. The fourth-order valence-corrected chi connectivity index (χ4v) is 3.07. The molecule has 4 heteroatoms. The van der Waals surface area contributed by atoms with E-state index >= 15 is 0 Å². The molecular weight excluding hydrogens is 261 g/mol. The highest BCUT2D eigenvalue weighted by Gasteiger charge is 2.08. The van der Waals surface area contributed by atoms with E-state index in [1.54, 1.807) is 12.1 Å². The van der Waals surface area contributed by atoms with E-state index in [-0.39, 0.29) is 5.82 Å². The van der Waals surface area contributed by atoms with Crippen molar-refractivity contribution < 1.29 is 8.60 Å².